The maximum Gasteiger partial charge on any atom is 0.396 e. The number of nitrogens with two attached hydrogens (primary N) is 1. The Balaban J connectivity index is 2.10. The van der Waals surface area contributed by atoms with Crippen LogP contribution in [-0.2, 0) is 20.9 Å². The van der Waals surface area contributed by atoms with Crippen molar-refractivity contribution in [3.63, 3.8) is 0 Å². The maximum absolute atomic E-state index is 12.1. The van der Waals surface area contributed by atoms with Gasteiger partial charge in [-0.25, -0.2) is 4.79 Å². The lowest BCUT2D eigenvalue weighted by molar-refractivity contribution is -0.154. The van der Waals surface area contributed by atoms with E-state index in [1.807, 2.05) is 0 Å². The van der Waals surface area contributed by atoms with Crippen LogP contribution < -0.4 is 11.1 Å². The summed E-state index contributed by atoms with van der Waals surface area (Å²) in [7, 11) is 0. The van der Waals surface area contributed by atoms with Gasteiger partial charge >= 0.3 is 11.9 Å². The fourth-order valence-corrected chi connectivity index (χ4v) is 2.89. The lowest BCUT2D eigenvalue weighted by atomic mass is 10.1. The minimum atomic E-state index is -1.12. The van der Waals surface area contributed by atoms with Crippen LogP contribution in [0.4, 0.5) is 0 Å². The van der Waals surface area contributed by atoms with Crippen LogP contribution in [0, 0.1) is 0 Å². The molecule has 0 bridgehead atoms. The number of rotatable bonds is 14. The van der Waals surface area contributed by atoms with Gasteiger partial charge in [0.2, 0.25) is 0 Å². The predicted molar refractivity (Wildman–Crippen MR) is 110 cm³/mol. The molecule has 0 unspecified atom stereocenters. The van der Waals surface area contributed by atoms with Gasteiger partial charge in [-0.1, -0.05) is 76.8 Å². The predicted octanol–water partition coefficient (Wildman–Crippen LogP) is 3.87. The third-order valence-corrected chi connectivity index (χ3v) is 4.60. The lowest BCUT2D eigenvalue weighted by Gasteiger charge is -2.07. The second-order valence-electron chi connectivity index (χ2n) is 7.08. The molecule has 0 spiro atoms. The molecule has 1 aromatic carbocycles. The molecule has 3 N–H and O–H groups in total. The van der Waals surface area contributed by atoms with Gasteiger partial charge in [-0.3, -0.25) is 9.59 Å². The molecule has 0 atom stereocenters. The van der Waals surface area contributed by atoms with Crippen molar-refractivity contribution in [3.8, 4) is 0 Å². The van der Waals surface area contributed by atoms with E-state index in [0.29, 0.717) is 17.7 Å². The van der Waals surface area contributed by atoms with E-state index in [1.54, 1.807) is 24.3 Å². The second kappa shape index (κ2) is 14.7. The summed E-state index contributed by atoms with van der Waals surface area (Å²) >= 11 is 0. The number of amides is 2. The van der Waals surface area contributed by atoms with Crippen LogP contribution in [0.1, 0.15) is 87.1 Å². The molecule has 1 rings (SSSR count). The molecular weight excluding hydrogens is 356 g/mol. The molecule has 0 heterocycles. The number of hydrogen-bond donors (Lipinski definition) is 2. The molecule has 0 aromatic heterocycles. The van der Waals surface area contributed by atoms with E-state index in [1.165, 1.54) is 51.4 Å². The van der Waals surface area contributed by atoms with Crippen molar-refractivity contribution in [3.05, 3.63) is 35.4 Å². The van der Waals surface area contributed by atoms with Crippen molar-refractivity contribution in [2.24, 2.45) is 5.73 Å². The Kier molecular flexibility index (Phi) is 12.4. The number of hydrogen-bond acceptors (Lipinski definition) is 4. The highest BCUT2D eigenvalue weighted by Gasteiger charge is 2.10. The summed E-state index contributed by atoms with van der Waals surface area (Å²) in [6.07, 6.45) is 12.7. The zero-order valence-corrected chi connectivity index (χ0v) is 17.0. The van der Waals surface area contributed by atoms with Crippen LogP contribution >= 0.6 is 0 Å². The number of esters is 1. The molecule has 28 heavy (non-hydrogen) atoms. The highest BCUT2D eigenvalue weighted by Crippen LogP contribution is 2.10. The molecule has 156 valence electrons. The molecule has 0 aliphatic carbocycles. The molecule has 6 heteroatoms. The van der Waals surface area contributed by atoms with Crippen molar-refractivity contribution < 1.29 is 19.1 Å². The van der Waals surface area contributed by atoms with E-state index in [9.17, 15) is 14.4 Å². The quantitative estimate of drug-likeness (QED) is 0.286. The average molecular weight is 391 g/mol. The summed E-state index contributed by atoms with van der Waals surface area (Å²) in [6, 6.07) is 6.70. The standard InChI is InChI=1S/C22H34N2O4/c1-2-3-4-5-6-7-8-9-10-11-16-24-21(26)19-14-12-18(13-15-19)17-28-22(27)20(23)25/h12-15H,2-11,16-17H2,1H3,(H2,23,25)(H,24,26). The van der Waals surface area contributed by atoms with Crippen LogP contribution in [0.25, 0.3) is 0 Å². The third kappa shape index (κ3) is 10.7. The Morgan fingerprint density at radius 1 is 0.857 bits per heavy atom. The lowest BCUT2D eigenvalue weighted by Crippen LogP contribution is -2.25. The number of benzene rings is 1. The van der Waals surface area contributed by atoms with E-state index in [4.69, 9.17) is 10.5 Å². The first-order valence-corrected chi connectivity index (χ1v) is 10.4. The van der Waals surface area contributed by atoms with Crippen LogP contribution in [0.2, 0.25) is 0 Å². The number of nitrogens with one attached hydrogen (secondary N) is 1. The zero-order chi connectivity index (χ0) is 20.6. The van der Waals surface area contributed by atoms with Gasteiger partial charge < -0.3 is 15.8 Å². The number of unbranched alkanes of at least 4 members (excludes halogenated alkanes) is 9. The first-order chi connectivity index (χ1) is 13.5. The molecule has 2 amide bonds. The van der Waals surface area contributed by atoms with Gasteiger partial charge in [-0.15, -0.1) is 0 Å². The topological polar surface area (TPSA) is 98.5 Å². The number of carbonyl (C=O) groups is 3. The Hall–Kier alpha value is -2.37. The summed E-state index contributed by atoms with van der Waals surface area (Å²) in [4.78, 5) is 33.7. The average Bonchev–Trinajstić information content (AvgIpc) is 2.70. The maximum atomic E-state index is 12.1. The largest absolute Gasteiger partial charge is 0.454 e. The Morgan fingerprint density at radius 3 is 1.93 bits per heavy atom. The van der Waals surface area contributed by atoms with E-state index < -0.39 is 11.9 Å². The fraction of sp³-hybridized carbons (Fsp3) is 0.591. The van der Waals surface area contributed by atoms with Gasteiger partial charge in [-0.05, 0) is 24.1 Å². The van der Waals surface area contributed by atoms with Gasteiger partial charge in [0.1, 0.15) is 6.61 Å². The Labute approximate surface area is 168 Å². The smallest absolute Gasteiger partial charge is 0.396 e. The number of ether oxygens (including phenoxy) is 1. The normalized spacial score (nSPS) is 10.5. The summed E-state index contributed by atoms with van der Waals surface area (Å²) in [5, 5.41) is 2.92. The molecule has 0 aliphatic heterocycles. The van der Waals surface area contributed by atoms with Crippen LogP contribution in [0.15, 0.2) is 24.3 Å². The van der Waals surface area contributed by atoms with Crippen molar-refractivity contribution in [1.29, 1.82) is 0 Å². The van der Waals surface area contributed by atoms with Crippen molar-refractivity contribution in [1.82, 2.24) is 5.32 Å². The van der Waals surface area contributed by atoms with E-state index >= 15 is 0 Å². The minimum Gasteiger partial charge on any atom is -0.454 e. The first kappa shape index (κ1) is 23.7. The van der Waals surface area contributed by atoms with Gasteiger partial charge in [0.05, 0.1) is 0 Å². The van der Waals surface area contributed by atoms with Gasteiger partial charge in [0, 0.05) is 12.1 Å². The summed E-state index contributed by atoms with van der Waals surface area (Å²) in [6.45, 7) is 2.86. The molecule has 0 aliphatic rings. The summed E-state index contributed by atoms with van der Waals surface area (Å²) < 4.78 is 4.72. The van der Waals surface area contributed by atoms with Gasteiger partial charge in [-0.2, -0.15) is 0 Å². The first-order valence-electron chi connectivity index (χ1n) is 10.4. The summed E-state index contributed by atoms with van der Waals surface area (Å²) in [5.41, 5.74) is 6.05. The van der Waals surface area contributed by atoms with Crippen molar-refractivity contribution >= 4 is 17.8 Å². The second-order valence-corrected chi connectivity index (χ2v) is 7.08. The molecule has 1 aromatic rings. The van der Waals surface area contributed by atoms with E-state index in [0.717, 1.165) is 12.8 Å². The molecule has 0 saturated carbocycles. The highest BCUT2D eigenvalue weighted by atomic mass is 16.5. The minimum absolute atomic E-state index is 0.0533. The SMILES string of the molecule is CCCCCCCCCCCCNC(=O)c1ccc(COC(=O)C(N)=O)cc1. The van der Waals surface area contributed by atoms with Crippen LogP contribution in [-0.4, -0.2) is 24.3 Å². The zero-order valence-electron chi connectivity index (χ0n) is 17.0. The Bertz CT molecular complexity index is 599. The highest BCUT2D eigenvalue weighted by molar-refractivity contribution is 6.31. The molecule has 0 saturated heterocycles. The molecule has 6 nitrogen and oxygen atoms in total. The van der Waals surface area contributed by atoms with E-state index in [2.05, 4.69) is 12.2 Å². The van der Waals surface area contributed by atoms with Crippen molar-refractivity contribution in [2.45, 2.75) is 77.7 Å². The fourth-order valence-electron chi connectivity index (χ4n) is 2.89. The monoisotopic (exact) mass is 390 g/mol. The third-order valence-electron chi connectivity index (χ3n) is 4.60. The Morgan fingerprint density at radius 2 is 1.39 bits per heavy atom. The van der Waals surface area contributed by atoms with Gasteiger partial charge in [0.25, 0.3) is 5.91 Å². The summed E-state index contributed by atoms with van der Waals surface area (Å²) in [5.74, 6) is -2.31. The van der Waals surface area contributed by atoms with Crippen LogP contribution in [0.5, 0.6) is 0 Å². The van der Waals surface area contributed by atoms with Crippen molar-refractivity contribution in [2.75, 3.05) is 6.54 Å². The number of primary amides is 1. The number of carbonyl (C=O) groups excluding carboxylic acids is 3. The van der Waals surface area contributed by atoms with Gasteiger partial charge in [0.15, 0.2) is 0 Å². The molecule has 0 radical (unpaired) electrons. The molecular formula is C22H34N2O4. The van der Waals surface area contributed by atoms with Crippen LogP contribution in [0.3, 0.4) is 0 Å². The van der Waals surface area contributed by atoms with E-state index in [-0.39, 0.29) is 12.5 Å². The molecule has 0 fully saturated rings.